The van der Waals surface area contributed by atoms with Crippen molar-refractivity contribution in [1.82, 2.24) is 14.5 Å². The predicted octanol–water partition coefficient (Wildman–Crippen LogP) is 0.583. The van der Waals surface area contributed by atoms with E-state index in [0.29, 0.717) is 18.5 Å². The molecule has 0 saturated carbocycles. The molecule has 8 heteroatoms. The molecule has 0 bridgehead atoms. The Balaban J connectivity index is 2.26. The smallest absolute Gasteiger partial charge is 0.246 e. The maximum absolute atomic E-state index is 12.3. The van der Waals surface area contributed by atoms with Gasteiger partial charge >= 0.3 is 0 Å². The molecule has 0 aromatic carbocycles. The Morgan fingerprint density at radius 2 is 2.47 bits per heavy atom. The monoisotopic (exact) mass is 323 g/mol. The molecule has 1 N–H and O–H groups in total. The molecule has 1 saturated heterocycles. The van der Waals surface area contributed by atoms with Gasteiger partial charge in [0.25, 0.3) is 0 Å². The van der Waals surface area contributed by atoms with Gasteiger partial charge in [-0.3, -0.25) is 5.10 Å². The SMILES string of the molecule is CC1COC(CBr)CN1S(=O)(=O)c1cn[nH]c1. The Morgan fingerprint density at radius 3 is 3.06 bits per heavy atom. The number of H-pyrrole nitrogens is 1. The minimum absolute atomic E-state index is 0.104. The molecule has 2 atom stereocenters. The largest absolute Gasteiger partial charge is 0.374 e. The van der Waals surface area contributed by atoms with Crippen LogP contribution in [0.4, 0.5) is 0 Å². The van der Waals surface area contributed by atoms with E-state index in [1.54, 1.807) is 0 Å². The molecular formula is C9H14BrN3O3S. The van der Waals surface area contributed by atoms with E-state index in [1.807, 2.05) is 6.92 Å². The van der Waals surface area contributed by atoms with Crippen molar-refractivity contribution < 1.29 is 13.2 Å². The second kappa shape index (κ2) is 5.05. The highest BCUT2D eigenvalue weighted by Gasteiger charge is 2.35. The number of ether oxygens (including phenoxy) is 1. The number of hydrogen-bond acceptors (Lipinski definition) is 4. The summed E-state index contributed by atoms with van der Waals surface area (Å²) in [7, 11) is -3.47. The minimum Gasteiger partial charge on any atom is -0.374 e. The number of halogens is 1. The Bertz CT molecular complexity index is 462. The van der Waals surface area contributed by atoms with E-state index in [4.69, 9.17) is 4.74 Å². The van der Waals surface area contributed by atoms with Crippen LogP contribution in [0.1, 0.15) is 6.92 Å². The summed E-state index contributed by atoms with van der Waals surface area (Å²) in [5.74, 6) is 0. The van der Waals surface area contributed by atoms with Crippen molar-refractivity contribution in [2.75, 3.05) is 18.5 Å². The second-order valence-corrected chi connectivity index (χ2v) is 6.51. The van der Waals surface area contributed by atoms with Crippen LogP contribution in [0.3, 0.4) is 0 Å². The fourth-order valence-electron chi connectivity index (χ4n) is 1.74. The minimum atomic E-state index is -3.47. The molecule has 6 nitrogen and oxygen atoms in total. The van der Waals surface area contributed by atoms with Gasteiger partial charge in [-0.25, -0.2) is 8.42 Å². The lowest BCUT2D eigenvalue weighted by Crippen LogP contribution is -2.51. The molecule has 0 spiro atoms. The number of aromatic nitrogens is 2. The van der Waals surface area contributed by atoms with Crippen LogP contribution in [0.5, 0.6) is 0 Å². The first kappa shape index (κ1) is 13.0. The summed E-state index contributed by atoms with van der Waals surface area (Å²) < 4.78 is 31.6. The number of aromatic amines is 1. The van der Waals surface area contributed by atoms with Crippen LogP contribution in [0.25, 0.3) is 0 Å². The molecule has 2 heterocycles. The quantitative estimate of drug-likeness (QED) is 0.826. The lowest BCUT2D eigenvalue weighted by molar-refractivity contribution is -0.0139. The van der Waals surface area contributed by atoms with Crippen LogP contribution in [0.15, 0.2) is 17.3 Å². The highest BCUT2D eigenvalue weighted by Crippen LogP contribution is 2.22. The van der Waals surface area contributed by atoms with Gasteiger partial charge in [0.1, 0.15) is 4.90 Å². The molecule has 1 aromatic heterocycles. The summed E-state index contributed by atoms with van der Waals surface area (Å²) in [4.78, 5) is 0.194. The summed E-state index contributed by atoms with van der Waals surface area (Å²) in [5.41, 5.74) is 0. The summed E-state index contributed by atoms with van der Waals surface area (Å²) in [6, 6.07) is -0.162. The second-order valence-electron chi connectivity index (χ2n) is 3.97. The summed E-state index contributed by atoms with van der Waals surface area (Å²) in [6.07, 6.45) is 2.61. The zero-order valence-corrected chi connectivity index (χ0v) is 11.7. The van der Waals surface area contributed by atoms with Crippen molar-refractivity contribution >= 4 is 26.0 Å². The van der Waals surface area contributed by atoms with E-state index >= 15 is 0 Å². The first-order valence-electron chi connectivity index (χ1n) is 5.24. The zero-order chi connectivity index (χ0) is 12.5. The van der Waals surface area contributed by atoms with Crippen molar-refractivity contribution in [3.63, 3.8) is 0 Å². The van der Waals surface area contributed by atoms with Crippen LogP contribution in [0, 0.1) is 0 Å². The third-order valence-electron chi connectivity index (χ3n) is 2.70. The van der Waals surface area contributed by atoms with E-state index in [2.05, 4.69) is 26.1 Å². The van der Waals surface area contributed by atoms with Crippen molar-refractivity contribution in [2.24, 2.45) is 0 Å². The summed E-state index contributed by atoms with van der Waals surface area (Å²) in [5, 5.41) is 6.82. The normalized spacial score (nSPS) is 27.2. The molecule has 2 unspecified atom stereocenters. The van der Waals surface area contributed by atoms with Crippen LogP contribution in [-0.2, 0) is 14.8 Å². The van der Waals surface area contributed by atoms with Crippen LogP contribution < -0.4 is 0 Å². The van der Waals surface area contributed by atoms with E-state index < -0.39 is 10.0 Å². The maximum atomic E-state index is 12.3. The number of alkyl halides is 1. The van der Waals surface area contributed by atoms with E-state index in [-0.39, 0.29) is 17.0 Å². The van der Waals surface area contributed by atoms with Gasteiger partial charge in [-0.1, -0.05) is 15.9 Å². The van der Waals surface area contributed by atoms with Gasteiger partial charge in [-0.05, 0) is 6.92 Å². The third-order valence-corrected chi connectivity index (χ3v) is 5.37. The lowest BCUT2D eigenvalue weighted by atomic mass is 10.2. The Kier molecular flexibility index (Phi) is 3.86. The van der Waals surface area contributed by atoms with Crippen molar-refractivity contribution in [1.29, 1.82) is 0 Å². The van der Waals surface area contributed by atoms with Crippen molar-refractivity contribution in [3.8, 4) is 0 Å². The van der Waals surface area contributed by atoms with Crippen LogP contribution in [0.2, 0.25) is 0 Å². The number of hydrogen-bond donors (Lipinski definition) is 1. The number of rotatable bonds is 3. The van der Waals surface area contributed by atoms with Gasteiger partial charge in [0.15, 0.2) is 0 Å². The molecule has 1 fully saturated rings. The van der Waals surface area contributed by atoms with Gasteiger partial charge in [0, 0.05) is 24.1 Å². The first-order valence-corrected chi connectivity index (χ1v) is 7.80. The first-order chi connectivity index (χ1) is 8.05. The van der Waals surface area contributed by atoms with Gasteiger partial charge < -0.3 is 4.74 Å². The average Bonchev–Trinajstić information content (AvgIpc) is 2.83. The molecule has 96 valence electrons. The van der Waals surface area contributed by atoms with Crippen molar-refractivity contribution in [3.05, 3.63) is 12.4 Å². The Labute approximate surface area is 109 Å². The highest BCUT2D eigenvalue weighted by atomic mass is 79.9. The molecule has 0 radical (unpaired) electrons. The summed E-state index contributed by atoms with van der Waals surface area (Å²) in [6.45, 7) is 2.61. The fourth-order valence-corrected chi connectivity index (χ4v) is 3.68. The van der Waals surface area contributed by atoms with E-state index in [9.17, 15) is 8.42 Å². The molecule has 2 rings (SSSR count). The zero-order valence-electron chi connectivity index (χ0n) is 9.34. The molecular weight excluding hydrogens is 310 g/mol. The van der Waals surface area contributed by atoms with E-state index in [0.717, 1.165) is 0 Å². The van der Waals surface area contributed by atoms with Gasteiger partial charge in [-0.2, -0.15) is 9.40 Å². The highest BCUT2D eigenvalue weighted by molar-refractivity contribution is 9.09. The Hall–Kier alpha value is -0.440. The fraction of sp³-hybridized carbons (Fsp3) is 0.667. The topological polar surface area (TPSA) is 75.3 Å². The third kappa shape index (κ3) is 2.54. The molecule has 0 aliphatic carbocycles. The number of morpholine rings is 1. The van der Waals surface area contributed by atoms with E-state index in [1.165, 1.54) is 16.7 Å². The van der Waals surface area contributed by atoms with Crippen LogP contribution >= 0.6 is 15.9 Å². The lowest BCUT2D eigenvalue weighted by Gasteiger charge is -2.36. The van der Waals surface area contributed by atoms with Gasteiger partial charge in [-0.15, -0.1) is 0 Å². The van der Waals surface area contributed by atoms with Crippen LogP contribution in [-0.4, -0.2) is 53.5 Å². The molecule has 1 aliphatic rings. The Morgan fingerprint density at radius 1 is 1.71 bits per heavy atom. The number of nitrogens with zero attached hydrogens (tertiary/aromatic N) is 2. The standard InChI is InChI=1S/C9H14BrN3O3S/c1-7-6-16-8(2-10)5-13(7)17(14,15)9-3-11-12-4-9/h3-4,7-8H,2,5-6H2,1H3,(H,11,12). The molecule has 1 aliphatic heterocycles. The van der Waals surface area contributed by atoms with Gasteiger partial charge in [0.05, 0.1) is 18.9 Å². The van der Waals surface area contributed by atoms with Gasteiger partial charge in [0.2, 0.25) is 10.0 Å². The molecule has 0 amide bonds. The summed E-state index contributed by atoms with van der Waals surface area (Å²) >= 11 is 3.31. The number of sulfonamides is 1. The van der Waals surface area contributed by atoms with Crippen molar-refractivity contribution in [2.45, 2.75) is 24.0 Å². The maximum Gasteiger partial charge on any atom is 0.246 e. The number of nitrogens with one attached hydrogen (secondary N) is 1. The molecule has 1 aromatic rings. The predicted molar refractivity (Wildman–Crippen MR) is 65.5 cm³/mol. The average molecular weight is 324 g/mol. The molecule has 17 heavy (non-hydrogen) atoms.